The Morgan fingerprint density at radius 1 is 1.29 bits per heavy atom. The van der Waals surface area contributed by atoms with Crippen LogP contribution >= 0.6 is 0 Å². The van der Waals surface area contributed by atoms with Crippen LogP contribution in [0.25, 0.3) is 0 Å². The molecule has 0 saturated heterocycles. The molecule has 0 unspecified atom stereocenters. The Kier molecular flexibility index (Phi) is 3.96. The van der Waals surface area contributed by atoms with E-state index in [0.29, 0.717) is 19.1 Å². The summed E-state index contributed by atoms with van der Waals surface area (Å²) in [4.78, 5) is 0. The van der Waals surface area contributed by atoms with Gasteiger partial charge in [0.1, 0.15) is 5.75 Å². The highest BCUT2D eigenvalue weighted by Gasteiger charge is 2.05. The van der Waals surface area contributed by atoms with E-state index in [0.717, 1.165) is 5.75 Å². The molecule has 0 saturated carbocycles. The van der Waals surface area contributed by atoms with Gasteiger partial charge in [-0.2, -0.15) is 0 Å². The van der Waals surface area contributed by atoms with Gasteiger partial charge in [-0.05, 0) is 31.5 Å². The van der Waals surface area contributed by atoms with Gasteiger partial charge in [0.25, 0.3) is 0 Å². The first-order valence-electron chi connectivity index (χ1n) is 5.04. The lowest BCUT2D eigenvalue weighted by molar-refractivity contribution is 0.261. The molecule has 0 aromatic heterocycles. The van der Waals surface area contributed by atoms with Crippen molar-refractivity contribution in [3.05, 3.63) is 29.3 Å². The number of para-hydroxylation sites is 1. The van der Waals surface area contributed by atoms with Crippen molar-refractivity contribution < 1.29 is 4.74 Å². The SMILES string of the molecule is Cc1cccc(C)c1OC[C@H](C)CN. The zero-order valence-corrected chi connectivity index (χ0v) is 9.21. The fraction of sp³-hybridized carbons (Fsp3) is 0.500. The standard InChI is InChI=1S/C12H19NO/c1-9(7-13)8-14-12-10(2)5-4-6-11(12)3/h4-6,9H,7-8,13H2,1-3H3/t9-/m1/s1. The normalized spacial score (nSPS) is 12.6. The van der Waals surface area contributed by atoms with Crippen LogP contribution in [0, 0.1) is 19.8 Å². The van der Waals surface area contributed by atoms with E-state index >= 15 is 0 Å². The van der Waals surface area contributed by atoms with Gasteiger partial charge in [-0.25, -0.2) is 0 Å². The molecule has 0 radical (unpaired) electrons. The van der Waals surface area contributed by atoms with Crippen molar-refractivity contribution in [2.75, 3.05) is 13.2 Å². The topological polar surface area (TPSA) is 35.2 Å². The summed E-state index contributed by atoms with van der Waals surface area (Å²) >= 11 is 0. The Balaban J connectivity index is 2.66. The Labute approximate surface area is 86.1 Å². The van der Waals surface area contributed by atoms with E-state index in [1.165, 1.54) is 11.1 Å². The molecule has 0 amide bonds. The number of benzene rings is 1. The molecular formula is C12H19NO. The van der Waals surface area contributed by atoms with E-state index in [1.54, 1.807) is 0 Å². The second-order valence-corrected chi connectivity index (χ2v) is 3.87. The van der Waals surface area contributed by atoms with Crippen LogP contribution in [-0.2, 0) is 0 Å². The van der Waals surface area contributed by atoms with Crippen molar-refractivity contribution in [1.29, 1.82) is 0 Å². The van der Waals surface area contributed by atoms with Gasteiger partial charge in [0.15, 0.2) is 0 Å². The molecule has 0 aliphatic rings. The average molecular weight is 193 g/mol. The fourth-order valence-electron chi connectivity index (χ4n) is 1.32. The van der Waals surface area contributed by atoms with Crippen molar-refractivity contribution >= 4 is 0 Å². The summed E-state index contributed by atoms with van der Waals surface area (Å²) in [5.41, 5.74) is 7.91. The quantitative estimate of drug-likeness (QED) is 0.796. The maximum atomic E-state index is 5.74. The summed E-state index contributed by atoms with van der Waals surface area (Å²) in [5, 5.41) is 0. The molecule has 2 N–H and O–H groups in total. The lowest BCUT2D eigenvalue weighted by Crippen LogP contribution is -2.18. The summed E-state index contributed by atoms with van der Waals surface area (Å²) in [6.45, 7) is 7.59. The Hall–Kier alpha value is -1.02. The maximum absolute atomic E-state index is 5.74. The molecule has 1 aromatic rings. The molecule has 2 nitrogen and oxygen atoms in total. The minimum atomic E-state index is 0.411. The van der Waals surface area contributed by atoms with Crippen LogP contribution in [0.5, 0.6) is 5.75 Å². The van der Waals surface area contributed by atoms with Crippen LogP contribution in [0.1, 0.15) is 18.1 Å². The predicted molar refractivity (Wildman–Crippen MR) is 59.6 cm³/mol. The van der Waals surface area contributed by atoms with Crippen LogP contribution in [0.2, 0.25) is 0 Å². The Morgan fingerprint density at radius 3 is 2.36 bits per heavy atom. The molecule has 0 aliphatic carbocycles. The van der Waals surface area contributed by atoms with E-state index in [1.807, 2.05) is 6.07 Å². The maximum Gasteiger partial charge on any atom is 0.125 e. The minimum Gasteiger partial charge on any atom is -0.493 e. The summed E-state index contributed by atoms with van der Waals surface area (Å²) in [7, 11) is 0. The van der Waals surface area contributed by atoms with E-state index in [4.69, 9.17) is 10.5 Å². The second kappa shape index (κ2) is 5.01. The Bertz CT molecular complexity index is 276. The zero-order valence-electron chi connectivity index (χ0n) is 9.21. The van der Waals surface area contributed by atoms with E-state index < -0.39 is 0 Å². The lowest BCUT2D eigenvalue weighted by Gasteiger charge is -2.14. The third-order valence-corrected chi connectivity index (χ3v) is 2.32. The third-order valence-electron chi connectivity index (χ3n) is 2.32. The largest absolute Gasteiger partial charge is 0.493 e. The number of hydrogen-bond donors (Lipinski definition) is 1. The second-order valence-electron chi connectivity index (χ2n) is 3.87. The van der Waals surface area contributed by atoms with Crippen LogP contribution < -0.4 is 10.5 Å². The number of aryl methyl sites for hydroxylation is 2. The molecular weight excluding hydrogens is 174 g/mol. The predicted octanol–water partition coefficient (Wildman–Crippen LogP) is 2.28. The molecule has 14 heavy (non-hydrogen) atoms. The van der Waals surface area contributed by atoms with E-state index in [-0.39, 0.29) is 0 Å². The van der Waals surface area contributed by atoms with Gasteiger partial charge in [-0.3, -0.25) is 0 Å². The molecule has 0 spiro atoms. The van der Waals surface area contributed by atoms with Gasteiger partial charge in [-0.15, -0.1) is 0 Å². The third kappa shape index (κ3) is 2.74. The number of nitrogens with two attached hydrogens (primary N) is 1. The van der Waals surface area contributed by atoms with Gasteiger partial charge in [0.05, 0.1) is 6.61 Å². The van der Waals surface area contributed by atoms with E-state index in [9.17, 15) is 0 Å². The highest BCUT2D eigenvalue weighted by molar-refractivity contribution is 5.39. The van der Waals surface area contributed by atoms with Gasteiger partial charge in [0.2, 0.25) is 0 Å². The zero-order chi connectivity index (χ0) is 10.6. The molecule has 1 rings (SSSR count). The highest BCUT2D eigenvalue weighted by Crippen LogP contribution is 2.22. The summed E-state index contributed by atoms with van der Waals surface area (Å²) < 4.78 is 5.74. The van der Waals surface area contributed by atoms with Gasteiger partial charge < -0.3 is 10.5 Å². The first-order valence-corrected chi connectivity index (χ1v) is 5.04. The molecule has 0 aliphatic heterocycles. The van der Waals surface area contributed by atoms with Gasteiger partial charge >= 0.3 is 0 Å². The van der Waals surface area contributed by atoms with E-state index in [2.05, 4.69) is 32.9 Å². The van der Waals surface area contributed by atoms with Crippen molar-refractivity contribution in [2.45, 2.75) is 20.8 Å². The summed E-state index contributed by atoms with van der Waals surface area (Å²) in [6.07, 6.45) is 0. The molecule has 1 aromatic carbocycles. The first-order chi connectivity index (χ1) is 6.65. The summed E-state index contributed by atoms with van der Waals surface area (Å²) in [6, 6.07) is 6.18. The molecule has 0 fully saturated rings. The number of hydrogen-bond acceptors (Lipinski definition) is 2. The highest BCUT2D eigenvalue weighted by atomic mass is 16.5. The van der Waals surface area contributed by atoms with Gasteiger partial charge in [-0.1, -0.05) is 25.1 Å². The molecule has 2 heteroatoms. The fourth-order valence-corrected chi connectivity index (χ4v) is 1.32. The number of ether oxygens (including phenoxy) is 1. The molecule has 0 heterocycles. The first kappa shape index (κ1) is 11.1. The van der Waals surface area contributed by atoms with Crippen molar-refractivity contribution in [3.8, 4) is 5.75 Å². The smallest absolute Gasteiger partial charge is 0.125 e. The average Bonchev–Trinajstić information content (AvgIpc) is 2.16. The van der Waals surface area contributed by atoms with Crippen molar-refractivity contribution in [1.82, 2.24) is 0 Å². The Morgan fingerprint density at radius 2 is 1.86 bits per heavy atom. The molecule has 78 valence electrons. The minimum absolute atomic E-state index is 0.411. The summed E-state index contributed by atoms with van der Waals surface area (Å²) in [5.74, 6) is 1.42. The van der Waals surface area contributed by atoms with Crippen molar-refractivity contribution in [3.63, 3.8) is 0 Å². The molecule has 1 atom stereocenters. The van der Waals surface area contributed by atoms with Crippen LogP contribution in [0.4, 0.5) is 0 Å². The lowest BCUT2D eigenvalue weighted by atomic mass is 10.1. The van der Waals surface area contributed by atoms with Crippen molar-refractivity contribution in [2.24, 2.45) is 11.7 Å². The van der Waals surface area contributed by atoms with Crippen LogP contribution in [0.3, 0.4) is 0 Å². The monoisotopic (exact) mass is 193 g/mol. The van der Waals surface area contributed by atoms with Crippen LogP contribution in [0.15, 0.2) is 18.2 Å². The molecule has 0 bridgehead atoms. The van der Waals surface area contributed by atoms with Gasteiger partial charge in [0, 0.05) is 5.92 Å². The number of rotatable bonds is 4. The van der Waals surface area contributed by atoms with Crippen LogP contribution in [-0.4, -0.2) is 13.2 Å².